The predicted octanol–water partition coefficient (Wildman–Crippen LogP) is -0.0561. The summed E-state index contributed by atoms with van der Waals surface area (Å²) in [6, 6.07) is 4.24. The van der Waals surface area contributed by atoms with Crippen molar-refractivity contribution in [2.24, 2.45) is 0 Å². The Labute approximate surface area is 98.5 Å². The van der Waals surface area contributed by atoms with Crippen molar-refractivity contribution in [2.45, 2.75) is 6.10 Å². The van der Waals surface area contributed by atoms with Gasteiger partial charge in [-0.25, -0.2) is 4.79 Å². The zero-order chi connectivity index (χ0) is 12.8. The standard InChI is InChI=1S/C11H15NO5/c1-17-11(16)7-2-3-9(10(15)4-7)12-5-8(14)6-13/h2-4,8,12-15H,5-6H2,1H3. The number of rotatable bonds is 5. The highest BCUT2D eigenvalue weighted by Crippen LogP contribution is 2.24. The van der Waals surface area contributed by atoms with E-state index >= 15 is 0 Å². The number of aliphatic hydroxyl groups is 2. The van der Waals surface area contributed by atoms with Crippen LogP contribution in [0.15, 0.2) is 18.2 Å². The lowest BCUT2D eigenvalue weighted by molar-refractivity contribution is 0.0600. The number of aliphatic hydroxyl groups excluding tert-OH is 2. The number of carbonyl (C=O) groups is 1. The average Bonchev–Trinajstić information content (AvgIpc) is 2.35. The highest BCUT2D eigenvalue weighted by atomic mass is 16.5. The van der Waals surface area contributed by atoms with Crippen LogP contribution in [0.3, 0.4) is 0 Å². The van der Waals surface area contributed by atoms with Gasteiger partial charge in [-0.3, -0.25) is 0 Å². The van der Waals surface area contributed by atoms with Crippen molar-refractivity contribution in [1.82, 2.24) is 0 Å². The Kier molecular flexibility index (Phi) is 4.74. The van der Waals surface area contributed by atoms with Crippen LogP contribution >= 0.6 is 0 Å². The van der Waals surface area contributed by atoms with Crippen molar-refractivity contribution in [3.8, 4) is 5.75 Å². The van der Waals surface area contributed by atoms with E-state index in [1.165, 1.54) is 25.3 Å². The Bertz CT molecular complexity index is 393. The molecule has 1 rings (SSSR count). The second-order valence-electron chi connectivity index (χ2n) is 3.44. The van der Waals surface area contributed by atoms with E-state index in [0.29, 0.717) is 5.69 Å². The number of hydrogen-bond acceptors (Lipinski definition) is 6. The minimum Gasteiger partial charge on any atom is -0.506 e. The Morgan fingerprint density at radius 3 is 2.76 bits per heavy atom. The maximum absolute atomic E-state index is 11.2. The SMILES string of the molecule is COC(=O)c1ccc(NCC(O)CO)c(O)c1. The van der Waals surface area contributed by atoms with Gasteiger partial charge >= 0.3 is 5.97 Å². The van der Waals surface area contributed by atoms with E-state index in [4.69, 9.17) is 10.2 Å². The second kappa shape index (κ2) is 6.07. The average molecular weight is 241 g/mol. The third-order valence-corrected chi connectivity index (χ3v) is 2.16. The summed E-state index contributed by atoms with van der Waals surface area (Å²) in [4.78, 5) is 11.2. The molecular weight excluding hydrogens is 226 g/mol. The van der Waals surface area contributed by atoms with Crippen molar-refractivity contribution in [3.63, 3.8) is 0 Å². The molecule has 0 aliphatic rings. The quantitative estimate of drug-likeness (QED) is 0.426. The van der Waals surface area contributed by atoms with Gasteiger partial charge in [-0.2, -0.15) is 0 Å². The smallest absolute Gasteiger partial charge is 0.337 e. The van der Waals surface area contributed by atoms with Gasteiger partial charge in [-0.05, 0) is 18.2 Å². The number of carbonyl (C=O) groups excluding carboxylic acids is 1. The number of hydrogen-bond donors (Lipinski definition) is 4. The van der Waals surface area contributed by atoms with Crippen LogP contribution in [0.5, 0.6) is 5.75 Å². The first kappa shape index (κ1) is 13.3. The predicted molar refractivity (Wildman–Crippen MR) is 61.0 cm³/mol. The largest absolute Gasteiger partial charge is 0.506 e. The van der Waals surface area contributed by atoms with Crippen LogP contribution in [0.1, 0.15) is 10.4 Å². The van der Waals surface area contributed by atoms with E-state index < -0.39 is 12.1 Å². The summed E-state index contributed by atoms with van der Waals surface area (Å²) in [5.74, 6) is -0.666. The Balaban J connectivity index is 2.73. The van der Waals surface area contributed by atoms with Gasteiger partial charge in [0.05, 0.1) is 31.1 Å². The lowest BCUT2D eigenvalue weighted by Crippen LogP contribution is -2.22. The fourth-order valence-corrected chi connectivity index (χ4v) is 1.22. The molecule has 0 aliphatic carbocycles. The van der Waals surface area contributed by atoms with Crippen LogP contribution in [0, 0.1) is 0 Å². The third-order valence-electron chi connectivity index (χ3n) is 2.16. The molecule has 0 heterocycles. The van der Waals surface area contributed by atoms with E-state index in [-0.39, 0.29) is 24.5 Å². The van der Waals surface area contributed by atoms with Crippen LogP contribution < -0.4 is 5.32 Å². The fraction of sp³-hybridized carbons (Fsp3) is 0.364. The van der Waals surface area contributed by atoms with Crippen molar-refractivity contribution in [2.75, 3.05) is 25.6 Å². The van der Waals surface area contributed by atoms with E-state index in [9.17, 15) is 9.90 Å². The van der Waals surface area contributed by atoms with E-state index in [0.717, 1.165) is 0 Å². The molecule has 0 amide bonds. The molecule has 0 radical (unpaired) electrons. The van der Waals surface area contributed by atoms with Gasteiger partial charge in [0, 0.05) is 6.54 Å². The summed E-state index contributed by atoms with van der Waals surface area (Å²) in [7, 11) is 1.25. The van der Waals surface area contributed by atoms with Crippen LogP contribution in [-0.4, -0.2) is 47.7 Å². The molecule has 6 heteroatoms. The lowest BCUT2D eigenvalue weighted by atomic mass is 10.2. The third kappa shape index (κ3) is 3.61. The Morgan fingerprint density at radius 2 is 2.24 bits per heavy atom. The van der Waals surface area contributed by atoms with Crippen LogP contribution in [-0.2, 0) is 4.74 Å². The van der Waals surface area contributed by atoms with Gasteiger partial charge in [-0.1, -0.05) is 0 Å². The van der Waals surface area contributed by atoms with Gasteiger partial charge in [0.1, 0.15) is 5.75 Å². The number of benzene rings is 1. The number of nitrogens with one attached hydrogen (secondary N) is 1. The number of aromatic hydroxyl groups is 1. The summed E-state index contributed by atoms with van der Waals surface area (Å²) in [6.45, 7) is -0.268. The molecule has 94 valence electrons. The highest BCUT2D eigenvalue weighted by Gasteiger charge is 2.10. The zero-order valence-electron chi connectivity index (χ0n) is 9.38. The lowest BCUT2D eigenvalue weighted by Gasteiger charge is -2.12. The molecule has 0 fully saturated rings. The number of anilines is 1. The van der Waals surface area contributed by atoms with Gasteiger partial charge < -0.3 is 25.4 Å². The van der Waals surface area contributed by atoms with Gasteiger partial charge in [-0.15, -0.1) is 0 Å². The number of ether oxygens (including phenoxy) is 1. The normalized spacial score (nSPS) is 11.9. The molecule has 0 bridgehead atoms. The number of esters is 1. The zero-order valence-corrected chi connectivity index (χ0v) is 9.38. The highest BCUT2D eigenvalue weighted by molar-refractivity contribution is 5.90. The first-order valence-corrected chi connectivity index (χ1v) is 5.02. The molecule has 1 aromatic carbocycles. The number of phenols is 1. The molecule has 0 aromatic heterocycles. The molecule has 0 saturated carbocycles. The van der Waals surface area contributed by atoms with Crippen molar-refractivity contribution < 1.29 is 24.9 Å². The van der Waals surface area contributed by atoms with Crippen LogP contribution in [0.2, 0.25) is 0 Å². The molecule has 4 N–H and O–H groups in total. The first-order chi connectivity index (χ1) is 8.08. The molecular formula is C11H15NO5. The van der Waals surface area contributed by atoms with Crippen molar-refractivity contribution >= 4 is 11.7 Å². The molecule has 1 atom stereocenters. The summed E-state index contributed by atoms with van der Waals surface area (Å²) < 4.78 is 4.50. The molecule has 0 saturated heterocycles. The summed E-state index contributed by atoms with van der Waals surface area (Å²) in [5, 5.41) is 30.1. The molecule has 0 spiro atoms. The first-order valence-electron chi connectivity index (χ1n) is 5.02. The number of methoxy groups -OCH3 is 1. The molecule has 17 heavy (non-hydrogen) atoms. The van der Waals surface area contributed by atoms with Gasteiger partial charge in [0.25, 0.3) is 0 Å². The Hall–Kier alpha value is -1.79. The topological polar surface area (TPSA) is 99.0 Å². The molecule has 6 nitrogen and oxygen atoms in total. The van der Waals surface area contributed by atoms with E-state index in [1.807, 2.05) is 0 Å². The van der Waals surface area contributed by atoms with Crippen LogP contribution in [0.25, 0.3) is 0 Å². The second-order valence-corrected chi connectivity index (χ2v) is 3.44. The summed E-state index contributed by atoms with van der Waals surface area (Å²) in [5.41, 5.74) is 0.600. The monoisotopic (exact) mass is 241 g/mol. The maximum Gasteiger partial charge on any atom is 0.337 e. The van der Waals surface area contributed by atoms with Crippen LogP contribution in [0.4, 0.5) is 5.69 Å². The summed E-state index contributed by atoms with van der Waals surface area (Å²) >= 11 is 0. The minimum absolute atomic E-state index is 0.0988. The minimum atomic E-state index is -0.908. The van der Waals surface area contributed by atoms with E-state index in [1.54, 1.807) is 0 Å². The van der Waals surface area contributed by atoms with Gasteiger partial charge in [0.15, 0.2) is 0 Å². The van der Waals surface area contributed by atoms with Gasteiger partial charge in [0.2, 0.25) is 0 Å². The van der Waals surface area contributed by atoms with E-state index in [2.05, 4.69) is 10.1 Å². The maximum atomic E-state index is 11.2. The summed E-state index contributed by atoms with van der Waals surface area (Å²) in [6.07, 6.45) is -0.908. The molecule has 1 aromatic rings. The fourth-order valence-electron chi connectivity index (χ4n) is 1.22. The Morgan fingerprint density at radius 1 is 1.53 bits per heavy atom. The molecule has 1 unspecified atom stereocenters. The molecule has 0 aliphatic heterocycles. The van der Waals surface area contributed by atoms with Crippen molar-refractivity contribution in [1.29, 1.82) is 0 Å². The number of phenolic OH excluding ortho intramolecular Hbond substituents is 1. The van der Waals surface area contributed by atoms with Crippen molar-refractivity contribution in [3.05, 3.63) is 23.8 Å².